The molecule has 0 aliphatic heterocycles. The quantitative estimate of drug-likeness (QED) is 0.343. The molecule has 2 aromatic rings. The van der Waals surface area contributed by atoms with Crippen molar-refractivity contribution in [3.63, 3.8) is 0 Å². The molecule has 0 saturated heterocycles. The van der Waals surface area contributed by atoms with Gasteiger partial charge in [0.2, 0.25) is 22.1 Å². The predicted octanol–water partition coefficient (Wildman–Crippen LogP) is 1.34. The molecule has 172 valence electrons. The lowest BCUT2D eigenvalue weighted by atomic mass is 10.3. The number of rotatable bonds is 10. The largest absolute Gasteiger partial charge is 0.320 e. The van der Waals surface area contributed by atoms with E-state index in [0.29, 0.717) is 10.3 Å². The first-order valence-corrected chi connectivity index (χ1v) is 11.0. The summed E-state index contributed by atoms with van der Waals surface area (Å²) in [4.78, 5) is 23.0. The standard InChI is InChI=1S/C14H22N8O2S3.CH4.2H2S/c1-7(15)11(23)17-13-21-19-9(26-13)3-5-25-6-4-10-20-22-14(27-10)18-12(24)8(2)16;;;/h7-8H,3-6,15-16H2,1-2H3,(H,17,21,23)(H,18,22,24);1H4;2*1H2/t7-,8-;;;/m0.../s1. The van der Waals surface area contributed by atoms with Crippen LogP contribution in [-0.4, -0.2) is 55.8 Å². The number of nitrogens with two attached hydrogens (primary N) is 2. The van der Waals surface area contributed by atoms with Crippen molar-refractivity contribution in [1.82, 2.24) is 20.4 Å². The van der Waals surface area contributed by atoms with Crippen LogP contribution in [0.3, 0.4) is 0 Å². The van der Waals surface area contributed by atoms with E-state index >= 15 is 0 Å². The van der Waals surface area contributed by atoms with E-state index in [9.17, 15) is 9.59 Å². The molecule has 0 aliphatic carbocycles. The number of hydrogen-bond acceptors (Lipinski definition) is 11. The average Bonchev–Trinajstić information content (AvgIpc) is 3.24. The fourth-order valence-electron chi connectivity index (χ4n) is 1.67. The van der Waals surface area contributed by atoms with Crippen LogP contribution in [0.5, 0.6) is 0 Å². The van der Waals surface area contributed by atoms with Gasteiger partial charge in [0.15, 0.2) is 0 Å². The van der Waals surface area contributed by atoms with Crippen molar-refractivity contribution >= 4 is 83.5 Å². The Hall–Kier alpha value is -0.970. The van der Waals surface area contributed by atoms with Gasteiger partial charge < -0.3 is 11.5 Å². The number of thioether (sulfide) groups is 1. The summed E-state index contributed by atoms with van der Waals surface area (Å²) in [6.45, 7) is 3.23. The Morgan fingerprint density at radius 2 is 1.23 bits per heavy atom. The highest BCUT2D eigenvalue weighted by Gasteiger charge is 2.12. The Balaban J connectivity index is 0. The molecule has 0 saturated carbocycles. The third kappa shape index (κ3) is 10.9. The van der Waals surface area contributed by atoms with E-state index in [4.69, 9.17) is 11.5 Å². The zero-order valence-corrected chi connectivity index (χ0v) is 20.4. The molecule has 30 heavy (non-hydrogen) atoms. The van der Waals surface area contributed by atoms with E-state index in [1.54, 1.807) is 25.6 Å². The van der Waals surface area contributed by atoms with Crippen molar-refractivity contribution in [1.29, 1.82) is 0 Å². The summed E-state index contributed by atoms with van der Waals surface area (Å²) in [5.74, 6) is 1.20. The molecular formula is C15H30N8O2S5. The van der Waals surface area contributed by atoms with E-state index in [1.165, 1.54) is 22.7 Å². The number of amides is 2. The molecule has 0 aliphatic rings. The summed E-state index contributed by atoms with van der Waals surface area (Å²) in [5, 5.41) is 23.9. The fourth-order valence-corrected chi connectivity index (χ4v) is 4.29. The predicted molar refractivity (Wildman–Crippen MR) is 137 cm³/mol. The average molecular weight is 515 g/mol. The first kappa shape index (κ1) is 31.2. The third-order valence-electron chi connectivity index (χ3n) is 3.14. The molecule has 6 N–H and O–H groups in total. The van der Waals surface area contributed by atoms with Crippen molar-refractivity contribution in [3.8, 4) is 0 Å². The van der Waals surface area contributed by atoms with Gasteiger partial charge in [0.05, 0.1) is 12.1 Å². The minimum absolute atomic E-state index is 0. The monoisotopic (exact) mass is 514 g/mol. The van der Waals surface area contributed by atoms with Gasteiger partial charge in [-0.25, -0.2) is 0 Å². The maximum Gasteiger partial charge on any atom is 0.242 e. The molecule has 10 nitrogen and oxygen atoms in total. The Bertz CT molecular complexity index is 706. The summed E-state index contributed by atoms with van der Waals surface area (Å²) in [7, 11) is 0. The SMILES string of the molecule is C.C[C@H](N)C(=O)Nc1nnc(CCSCCc2nnc(NC(=O)[C@H](C)N)s2)s1.S.S. The molecule has 0 fully saturated rings. The molecule has 0 bridgehead atoms. The number of carbonyl (C=O) groups excluding carboxylic acids is 2. The third-order valence-corrected chi connectivity index (χ3v) is 5.92. The Morgan fingerprint density at radius 3 is 1.57 bits per heavy atom. The van der Waals surface area contributed by atoms with Crippen molar-refractivity contribution in [2.45, 2.75) is 46.2 Å². The number of aromatic nitrogens is 4. The molecule has 0 radical (unpaired) electrons. The summed E-state index contributed by atoms with van der Waals surface area (Å²) in [6.07, 6.45) is 1.53. The number of nitrogens with one attached hydrogen (secondary N) is 2. The van der Waals surface area contributed by atoms with Crippen molar-refractivity contribution in [2.75, 3.05) is 22.1 Å². The second-order valence-electron chi connectivity index (χ2n) is 5.67. The smallest absolute Gasteiger partial charge is 0.242 e. The number of nitrogens with zero attached hydrogens (tertiary/aromatic N) is 4. The second kappa shape index (κ2) is 15.8. The normalized spacial score (nSPS) is 11.9. The fraction of sp³-hybridized carbons (Fsp3) is 0.600. The topological polar surface area (TPSA) is 162 Å². The summed E-state index contributed by atoms with van der Waals surface area (Å²) < 4.78 is 0. The highest BCUT2D eigenvalue weighted by Crippen LogP contribution is 2.19. The minimum atomic E-state index is -0.583. The van der Waals surface area contributed by atoms with Gasteiger partial charge in [-0.3, -0.25) is 20.2 Å². The molecule has 0 aromatic carbocycles. The number of hydrogen-bond donors (Lipinski definition) is 4. The van der Waals surface area contributed by atoms with Gasteiger partial charge in [-0.2, -0.15) is 38.8 Å². The molecule has 2 aromatic heterocycles. The van der Waals surface area contributed by atoms with E-state index < -0.39 is 12.1 Å². The van der Waals surface area contributed by atoms with E-state index in [1.807, 2.05) is 0 Å². The zero-order valence-electron chi connectivity index (χ0n) is 16.0. The van der Waals surface area contributed by atoms with Gasteiger partial charge in [-0.1, -0.05) is 30.1 Å². The maximum atomic E-state index is 11.5. The highest BCUT2D eigenvalue weighted by molar-refractivity contribution is 7.99. The first-order valence-electron chi connectivity index (χ1n) is 8.20. The Labute approximate surface area is 202 Å². The highest BCUT2D eigenvalue weighted by atomic mass is 32.2. The lowest BCUT2D eigenvalue weighted by Gasteiger charge is -2.02. The van der Waals surface area contributed by atoms with Gasteiger partial charge in [-0.15, -0.1) is 20.4 Å². The van der Waals surface area contributed by atoms with Crippen LogP contribution in [0.4, 0.5) is 10.3 Å². The van der Waals surface area contributed by atoms with E-state index in [0.717, 1.165) is 34.4 Å². The van der Waals surface area contributed by atoms with Crippen LogP contribution in [0.1, 0.15) is 31.3 Å². The van der Waals surface area contributed by atoms with Crippen LogP contribution in [0.15, 0.2) is 0 Å². The molecule has 0 unspecified atom stereocenters. The van der Waals surface area contributed by atoms with Gasteiger partial charge in [0.1, 0.15) is 10.0 Å². The van der Waals surface area contributed by atoms with Crippen molar-refractivity contribution < 1.29 is 9.59 Å². The molecule has 2 rings (SSSR count). The van der Waals surface area contributed by atoms with Gasteiger partial charge in [0.25, 0.3) is 0 Å². The first-order chi connectivity index (χ1) is 12.8. The zero-order chi connectivity index (χ0) is 19.8. The van der Waals surface area contributed by atoms with Gasteiger partial charge in [-0.05, 0) is 25.4 Å². The molecule has 2 amide bonds. The molecule has 2 atom stereocenters. The second-order valence-corrected chi connectivity index (χ2v) is 9.02. The van der Waals surface area contributed by atoms with Crippen LogP contribution in [0, 0.1) is 0 Å². The maximum absolute atomic E-state index is 11.5. The van der Waals surface area contributed by atoms with Crippen LogP contribution < -0.4 is 22.1 Å². The lowest BCUT2D eigenvalue weighted by molar-refractivity contribution is -0.117. The van der Waals surface area contributed by atoms with Gasteiger partial charge in [0, 0.05) is 12.8 Å². The minimum Gasteiger partial charge on any atom is -0.320 e. The summed E-state index contributed by atoms with van der Waals surface area (Å²) >= 11 is 4.46. The number of anilines is 2. The van der Waals surface area contributed by atoms with Crippen LogP contribution in [0.2, 0.25) is 0 Å². The number of carbonyl (C=O) groups is 2. The van der Waals surface area contributed by atoms with E-state index in [-0.39, 0.29) is 46.2 Å². The van der Waals surface area contributed by atoms with Crippen molar-refractivity contribution in [3.05, 3.63) is 10.0 Å². The van der Waals surface area contributed by atoms with Crippen LogP contribution in [-0.2, 0) is 22.4 Å². The molecule has 0 spiro atoms. The van der Waals surface area contributed by atoms with E-state index in [2.05, 4.69) is 31.0 Å². The molecule has 15 heteroatoms. The molecular weight excluding hydrogens is 485 g/mol. The van der Waals surface area contributed by atoms with Crippen molar-refractivity contribution in [2.24, 2.45) is 11.5 Å². The Kier molecular flexibility index (Phi) is 16.4. The molecule has 2 heterocycles. The van der Waals surface area contributed by atoms with Gasteiger partial charge >= 0.3 is 0 Å². The lowest BCUT2D eigenvalue weighted by Crippen LogP contribution is -2.32. The summed E-state index contributed by atoms with van der Waals surface area (Å²) in [6, 6.07) is -1.17. The Morgan fingerprint density at radius 1 is 0.867 bits per heavy atom. The number of aryl methyl sites for hydroxylation is 2. The van der Waals surface area contributed by atoms with Crippen LogP contribution >= 0.6 is 61.4 Å². The summed E-state index contributed by atoms with van der Waals surface area (Å²) in [5.41, 5.74) is 11.0. The van der Waals surface area contributed by atoms with Crippen LogP contribution in [0.25, 0.3) is 0 Å².